The first kappa shape index (κ1) is 6.29. The van der Waals surface area contributed by atoms with Gasteiger partial charge in [-0.2, -0.15) is 0 Å². The number of H-pyrrole nitrogens is 1. The van der Waals surface area contributed by atoms with Crippen LogP contribution in [-0.2, 0) is 0 Å². The van der Waals surface area contributed by atoms with Crippen molar-refractivity contribution in [1.82, 2.24) is 9.97 Å². The van der Waals surface area contributed by atoms with E-state index in [0.29, 0.717) is 10.8 Å². The first-order valence-electron chi connectivity index (χ1n) is 2.41. The molecule has 0 spiro atoms. The molecule has 0 radical (unpaired) electrons. The van der Waals surface area contributed by atoms with Crippen molar-refractivity contribution in [2.24, 2.45) is 0 Å². The van der Waals surface area contributed by atoms with Crippen LogP contribution >= 0.6 is 11.6 Å². The quantitative estimate of drug-likeness (QED) is 0.584. The van der Waals surface area contributed by atoms with Crippen molar-refractivity contribution in [3.63, 3.8) is 0 Å². The monoisotopic (exact) mass is 144 g/mol. The first-order valence-corrected chi connectivity index (χ1v) is 2.79. The Morgan fingerprint density at radius 3 is 2.89 bits per heavy atom. The lowest BCUT2D eigenvalue weighted by molar-refractivity contribution is 1.07. The molecule has 0 saturated heterocycles. The van der Waals surface area contributed by atoms with Crippen molar-refractivity contribution in [2.45, 2.75) is 6.92 Å². The van der Waals surface area contributed by atoms with Crippen LogP contribution in [0.4, 0.5) is 0 Å². The summed E-state index contributed by atoms with van der Waals surface area (Å²) in [6.07, 6.45) is 1.15. The molecule has 1 N–H and O–H groups in total. The summed E-state index contributed by atoms with van der Waals surface area (Å²) in [6.45, 7) is 1.69. The Hall–Kier alpha value is -0.830. The van der Waals surface area contributed by atoms with Crippen LogP contribution in [-0.4, -0.2) is 9.97 Å². The van der Waals surface area contributed by atoms with E-state index in [-0.39, 0.29) is 5.56 Å². The number of nitrogens with one attached hydrogen (secondary N) is 1. The molecule has 1 rings (SSSR count). The zero-order valence-electron chi connectivity index (χ0n) is 4.81. The first-order chi connectivity index (χ1) is 4.20. The third-order valence-electron chi connectivity index (χ3n) is 0.915. The molecule has 0 fully saturated rings. The maximum absolute atomic E-state index is 10.5. The molecule has 4 heteroatoms. The lowest BCUT2D eigenvalue weighted by Gasteiger charge is -1.90. The Morgan fingerprint density at radius 2 is 2.44 bits per heavy atom. The largest absolute Gasteiger partial charge is 0.322 e. The molecule has 0 aliphatic carbocycles. The van der Waals surface area contributed by atoms with Gasteiger partial charge in [-0.05, 0) is 6.92 Å². The minimum absolute atomic E-state index is 0.225. The summed E-state index contributed by atoms with van der Waals surface area (Å²) in [5, 5.41) is 0.342. The third-order valence-corrected chi connectivity index (χ3v) is 1.30. The fourth-order valence-electron chi connectivity index (χ4n) is 0.481. The standard InChI is InChI=1S/C5H5ClN2O/c1-3-5(6)7-2-4(9)8-3/h2H,1H3,(H,8,9). The predicted molar refractivity (Wildman–Crippen MR) is 34.6 cm³/mol. The molecular weight excluding hydrogens is 140 g/mol. The minimum atomic E-state index is -0.225. The minimum Gasteiger partial charge on any atom is -0.322 e. The van der Waals surface area contributed by atoms with Crippen LogP contribution in [0.1, 0.15) is 5.69 Å². The molecular formula is C5H5ClN2O. The molecule has 0 aromatic carbocycles. The van der Waals surface area contributed by atoms with Crippen molar-refractivity contribution in [1.29, 1.82) is 0 Å². The lowest BCUT2D eigenvalue weighted by atomic mass is 10.5. The fraction of sp³-hybridized carbons (Fsp3) is 0.200. The molecule has 1 aromatic heterocycles. The lowest BCUT2D eigenvalue weighted by Crippen LogP contribution is -2.06. The smallest absolute Gasteiger partial charge is 0.266 e. The van der Waals surface area contributed by atoms with E-state index >= 15 is 0 Å². The van der Waals surface area contributed by atoms with Gasteiger partial charge in [0.15, 0.2) is 0 Å². The Kier molecular flexibility index (Phi) is 1.53. The average Bonchev–Trinajstić information content (AvgIpc) is 1.80. The SMILES string of the molecule is Cc1[nH]c(=O)cnc1Cl. The van der Waals surface area contributed by atoms with Gasteiger partial charge in [-0.15, -0.1) is 0 Å². The Labute approximate surface area is 56.7 Å². The normalized spacial score (nSPS) is 9.56. The van der Waals surface area contributed by atoms with Gasteiger partial charge in [0.2, 0.25) is 0 Å². The molecule has 0 amide bonds. The number of aryl methyl sites for hydroxylation is 1. The Balaban J connectivity index is 3.34. The van der Waals surface area contributed by atoms with Gasteiger partial charge >= 0.3 is 0 Å². The second-order valence-electron chi connectivity index (χ2n) is 1.66. The van der Waals surface area contributed by atoms with Crippen LogP contribution < -0.4 is 5.56 Å². The summed E-state index contributed by atoms with van der Waals surface area (Å²) >= 11 is 5.50. The van der Waals surface area contributed by atoms with Gasteiger partial charge in [-0.1, -0.05) is 11.6 Å². The van der Waals surface area contributed by atoms with Crippen molar-refractivity contribution in [3.05, 3.63) is 27.4 Å². The maximum atomic E-state index is 10.5. The van der Waals surface area contributed by atoms with Crippen molar-refractivity contribution in [3.8, 4) is 0 Å². The Bertz CT molecular complexity index is 268. The topological polar surface area (TPSA) is 45.8 Å². The van der Waals surface area contributed by atoms with Gasteiger partial charge in [0, 0.05) is 0 Å². The van der Waals surface area contributed by atoms with Crippen LogP contribution in [0.15, 0.2) is 11.0 Å². The number of rotatable bonds is 0. The number of halogens is 1. The molecule has 1 heterocycles. The van der Waals surface area contributed by atoms with Crippen molar-refractivity contribution in [2.75, 3.05) is 0 Å². The van der Waals surface area contributed by atoms with Crippen LogP contribution in [0.3, 0.4) is 0 Å². The zero-order chi connectivity index (χ0) is 6.85. The van der Waals surface area contributed by atoms with Crippen molar-refractivity contribution < 1.29 is 0 Å². The van der Waals surface area contributed by atoms with Gasteiger partial charge in [0.1, 0.15) is 5.15 Å². The highest BCUT2D eigenvalue weighted by molar-refractivity contribution is 6.29. The summed E-state index contributed by atoms with van der Waals surface area (Å²) in [6, 6.07) is 0. The molecule has 0 atom stereocenters. The third kappa shape index (κ3) is 1.29. The number of hydrogen-bond donors (Lipinski definition) is 1. The number of aromatic amines is 1. The van der Waals surface area contributed by atoms with Gasteiger partial charge in [-0.3, -0.25) is 4.79 Å². The van der Waals surface area contributed by atoms with Crippen LogP contribution in [0.25, 0.3) is 0 Å². The van der Waals surface area contributed by atoms with Gasteiger partial charge < -0.3 is 4.98 Å². The highest BCUT2D eigenvalue weighted by Crippen LogP contribution is 2.02. The molecule has 0 aliphatic rings. The zero-order valence-corrected chi connectivity index (χ0v) is 5.57. The summed E-state index contributed by atoms with van der Waals surface area (Å²) < 4.78 is 0. The summed E-state index contributed by atoms with van der Waals surface area (Å²) in [5.41, 5.74) is 0.376. The highest BCUT2D eigenvalue weighted by atomic mass is 35.5. The number of hydrogen-bond acceptors (Lipinski definition) is 2. The highest BCUT2D eigenvalue weighted by Gasteiger charge is 1.92. The molecule has 9 heavy (non-hydrogen) atoms. The molecule has 0 aliphatic heterocycles. The molecule has 1 aromatic rings. The molecule has 48 valence electrons. The second kappa shape index (κ2) is 2.19. The van der Waals surface area contributed by atoms with Crippen LogP contribution in [0.2, 0.25) is 5.15 Å². The summed E-state index contributed by atoms with van der Waals surface area (Å²) in [4.78, 5) is 16.6. The summed E-state index contributed by atoms with van der Waals surface area (Å²) in [5.74, 6) is 0. The maximum Gasteiger partial charge on any atom is 0.266 e. The van der Waals surface area contributed by atoms with Gasteiger partial charge in [0.25, 0.3) is 5.56 Å². The summed E-state index contributed by atoms with van der Waals surface area (Å²) in [7, 11) is 0. The van der Waals surface area contributed by atoms with Gasteiger partial charge in [-0.25, -0.2) is 4.98 Å². The van der Waals surface area contributed by atoms with E-state index in [1.54, 1.807) is 6.92 Å². The van der Waals surface area contributed by atoms with Crippen LogP contribution in [0.5, 0.6) is 0 Å². The fourth-order valence-corrected chi connectivity index (χ4v) is 0.577. The molecule has 0 unspecified atom stereocenters. The van der Waals surface area contributed by atoms with E-state index in [1.807, 2.05) is 0 Å². The average molecular weight is 145 g/mol. The van der Waals surface area contributed by atoms with E-state index < -0.39 is 0 Å². The Morgan fingerprint density at radius 1 is 1.78 bits per heavy atom. The number of aromatic nitrogens is 2. The molecule has 3 nitrogen and oxygen atoms in total. The van der Waals surface area contributed by atoms with E-state index in [1.165, 1.54) is 0 Å². The predicted octanol–water partition coefficient (Wildman–Crippen LogP) is 0.732. The van der Waals surface area contributed by atoms with Crippen LogP contribution in [0, 0.1) is 6.92 Å². The number of nitrogens with zero attached hydrogens (tertiary/aromatic N) is 1. The second-order valence-corrected chi connectivity index (χ2v) is 2.02. The van der Waals surface area contributed by atoms with E-state index in [2.05, 4.69) is 9.97 Å². The van der Waals surface area contributed by atoms with E-state index in [9.17, 15) is 4.79 Å². The molecule has 0 saturated carbocycles. The van der Waals surface area contributed by atoms with E-state index in [0.717, 1.165) is 6.20 Å². The van der Waals surface area contributed by atoms with Crippen molar-refractivity contribution >= 4 is 11.6 Å². The van der Waals surface area contributed by atoms with E-state index in [4.69, 9.17) is 11.6 Å². The molecule has 0 bridgehead atoms. The van der Waals surface area contributed by atoms with Gasteiger partial charge in [0.05, 0.1) is 11.9 Å².